The highest BCUT2D eigenvalue weighted by atomic mass is 16.3. The average molecular weight is 443 g/mol. The maximum atomic E-state index is 12.8. The number of nitrogens with one attached hydrogen (secondary N) is 1. The summed E-state index contributed by atoms with van der Waals surface area (Å²) in [4.78, 5) is 20.0. The molecule has 0 aliphatic carbocycles. The zero-order chi connectivity index (χ0) is 22.6. The summed E-state index contributed by atoms with van der Waals surface area (Å²) >= 11 is 0. The van der Waals surface area contributed by atoms with Crippen LogP contribution in [0.2, 0.25) is 0 Å². The van der Waals surface area contributed by atoms with Crippen LogP contribution in [-0.2, 0) is 6.42 Å². The summed E-state index contributed by atoms with van der Waals surface area (Å²) in [5.41, 5.74) is 3.99. The molecule has 1 saturated heterocycles. The molecule has 1 amide bonds. The number of phenols is 1. The molecule has 0 aromatic heterocycles. The van der Waals surface area contributed by atoms with Crippen molar-refractivity contribution < 1.29 is 9.90 Å². The van der Waals surface area contributed by atoms with Crippen LogP contribution in [0.3, 0.4) is 0 Å². The molecule has 6 heteroatoms. The third-order valence-corrected chi connectivity index (χ3v) is 6.62. The minimum absolute atomic E-state index is 0.0384. The molecule has 0 bridgehead atoms. The van der Waals surface area contributed by atoms with E-state index in [0.29, 0.717) is 6.42 Å². The first-order valence-corrected chi connectivity index (χ1v) is 11.6. The van der Waals surface area contributed by atoms with Crippen LogP contribution in [0.25, 0.3) is 0 Å². The number of hydrogen-bond donors (Lipinski definition) is 2. The molecule has 6 nitrogen and oxygen atoms in total. The van der Waals surface area contributed by atoms with E-state index in [-0.39, 0.29) is 17.8 Å². The Morgan fingerprint density at radius 2 is 1.61 bits per heavy atom. The lowest BCUT2D eigenvalue weighted by Crippen LogP contribution is -2.56. The summed E-state index contributed by atoms with van der Waals surface area (Å²) in [6, 6.07) is 25.7. The predicted octanol–water partition coefficient (Wildman–Crippen LogP) is 3.33. The van der Waals surface area contributed by atoms with Crippen LogP contribution in [0, 0.1) is 0 Å². The molecule has 3 aromatic rings. The lowest BCUT2D eigenvalue weighted by Gasteiger charge is -2.41. The number of para-hydroxylation sites is 2. The van der Waals surface area contributed by atoms with Crippen molar-refractivity contribution in [3.05, 3.63) is 90.0 Å². The number of benzene rings is 3. The van der Waals surface area contributed by atoms with Gasteiger partial charge in [-0.3, -0.25) is 9.69 Å². The number of phenolic OH excluding ortho intramolecular Hbond substituents is 1. The Bertz CT molecular complexity index is 1100. The van der Waals surface area contributed by atoms with Crippen LogP contribution in [0.1, 0.15) is 15.9 Å². The molecule has 1 atom stereocenters. The Morgan fingerprint density at radius 1 is 0.848 bits per heavy atom. The Kier molecular flexibility index (Phi) is 6.17. The number of rotatable bonds is 6. The Hall–Kier alpha value is -3.51. The number of hydrogen-bond acceptors (Lipinski definition) is 5. The number of fused-ring (bicyclic) bond motifs is 1. The number of carbonyl (C=O) groups is 1. The fraction of sp³-hybridized carbons (Fsp3) is 0.296. The van der Waals surface area contributed by atoms with Gasteiger partial charge in [-0.1, -0.05) is 42.5 Å². The van der Waals surface area contributed by atoms with Crippen molar-refractivity contribution in [2.45, 2.75) is 12.6 Å². The minimum atomic E-state index is -0.153. The first-order chi connectivity index (χ1) is 16.2. The Morgan fingerprint density at radius 3 is 2.39 bits per heavy atom. The van der Waals surface area contributed by atoms with E-state index in [1.807, 2.05) is 36.4 Å². The van der Waals surface area contributed by atoms with Crippen LogP contribution in [0.15, 0.2) is 78.9 Å². The molecule has 0 saturated carbocycles. The zero-order valence-corrected chi connectivity index (χ0v) is 18.7. The van der Waals surface area contributed by atoms with Crippen LogP contribution < -0.4 is 15.1 Å². The number of amides is 1. The molecule has 33 heavy (non-hydrogen) atoms. The van der Waals surface area contributed by atoms with E-state index in [1.165, 1.54) is 5.69 Å². The minimum Gasteiger partial charge on any atom is -0.508 e. The van der Waals surface area contributed by atoms with Gasteiger partial charge in [0.2, 0.25) is 0 Å². The lowest BCUT2D eigenvalue weighted by atomic mass is 10.0. The summed E-state index contributed by atoms with van der Waals surface area (Å²) < 4.78 is 0. The SMILES string of the molecule is O=C1NC(Cc2cccc(O)c2)N(CCN2CCN(c3ccccc3)CC2)c2ccccc21. The summed E-state index contributed by atoms with van der Waals surface area (Å²) in [5.74, 6) is 0.210. The van der Waals surface area contributed by atoms with Gasteiger partial charge >= 0.3 is 0 Å². The van der Waals surface area contributed by atoms with Crippen LogP contribution in [0.5, 0.6) is 5.75 Å². The number of nitrogens with zero attached hydrogens (tertiary/aromatic N) is 3. The van der Waals surface area contributed by atoms with E-state index in [1.54, 1.807) is 12.1 Å². The highest BCUT2D eigenvalue weighted by Crippen LogP contribution is 2.28. The van der Waals surface area contributed by atoms with Crippen LogP contribution in [-0.4, -0.2) is 61.3 Å². The molecule has 1 unspecified atom stereocenters. The average Bonchev–Trinajstić information content (AvgIpc) is 2.85. The van der Waals surface area contributed by atoms with E-state index >= 15 is 0 Å². The molecule has 3 aromatic carbocycles. The van der Waals surface area contributed by atoms with Crippen LogP contribution >= 0.6 is 0 Å². The third kappa shape index (κ3) is 4.81. The Balaban J connectivity index is 1.28. The van der Waals surface area contributed by atoms with Gasteiger partial charge in [-0.25, -0.2) is 0 Å². The fourth-order valence-corrected chi connectivity index (χ4v) is 4.85. The van der Waals surface area contributed by atoms with Crippen molar-refractivity contribution in [2.75, 3.05) is 49.1 Å². The first-order valence-electron chi connectivity index (χ1n) is 11.6. The number of aromatic hydroxyl groups is 1. The molecule has 2 aliphatic rings. The zero-order valence-electron chi connectivity index (χ0n) is 18.7. The van der Waals surface area contributed by atoms with E-state index < -0.39 is 0 Å². The summed E-state index contributed by atoms with van der Waals surface area (Å²) in [5, 5.41) is 13.1. The monoisotopic (exact) mass is 442 g/mol. The van der Waals surface area contributed by atoms with Crippen molar-refractivity contribution in [2.24, 2.45) is 0 Å². The maximum absolute atomic E-state index is 12.8. The smallest absolute Gasteiger partial charge is 0.254 e. The lowest BCUT2D eigenvalue weighted by molar-refractivity contribution is 0.0925. The van der Waals surface area contributed by atoms with Gasteiger partial charge in [0.25, 0.3) is 5.91 Å². The van der Waals surface area contributed by atoms with Gasteiger partial charge in [0.1, 0.15) is 11.9 Å². The molecule has 2 aliphatic heterocycles. The third-order valence-electron chi connectivity index (χ3n) is 6.62. The van der Waals surface area contributed by atoms with E-state index in [9.17, 15) is 9.90 Å². The van der Waals surface area contributed by atoms with Crippen molar-refractivity contribution in [3.63, 3.8) is 0 Å². The second kappa shape index (κ2) is 9.55. The molecule has 1 fully saturated rings. The molecule has 2 N–H and O–H groups in total. The second-order valence-corrected chi connectivity index (χ2v) is 8.74. The number of anilines is 2. The number of carbonyl (C=O) groups excluding carboxylic acids is 1. The topological polar surface area (TPSA) is 59.1 Å². The van der Waals surface area contributed by atoms with Gasteiger partial charge in [-0.05, 0) is 42.0 Å². The van der Waals surface area contributed by atoms with Crippen molar-refractivity contribution in [1.82, 2.24) is 10.2 Å². The van der Waals surface area contributed by atoms with E-state index in [4.69, 9.17) is 0 Å². The quantitative estimate of drug-likeness (QED) is 0.613. The Labute approximate surface area is 195 Å². The predicted molar refractivity (Wildman–Crippen MR) is 132 cm³/mol. The van der Waals surface area contributed by atoms with Gasteiger partial charge in [-0.2, -0.15) is 0 Å². The molecule has 2 heterocycles. The molecule has 170 valence electrons. The van der Waals surface area contributed by atoms with E-state index in [2.05, 4.69) is 50.3 Å². The van der Waals surface area contributed by atoms with Crippen LogP contribution in [0.4, 0.5) is 11.4 Å². The maximum Gasteiger partial charge on any atom is 0.254 e. The molecule has 5 rings (SSSR count). The standard InChI is InChI=1S/C27H30N4O2/c32-23-10-6-7-21(19-23)20-26-28-27(33)24-11-4-5-12-25(24)31(26)18-15-29-13-16-30(17-14-29)22-8-2-1-3-9-22/h1-12,19,26,32H,13-18,20H2,(H,28,33). The summed E-state index contributed by atoms with van der Waals surface area (Å²) in [6.07, 6.45) is 0.482. The van der Waals surface area contributed by atoms with Crippen molar-refractivity contribution in [1.29, 1.82) is 0 Å². The number of piperazine rings is 1. The summed E-state index contributed by atoms with van der Waals surface area (Å²) in [7, 11) is 0. The highest BCUT2D eigenvalue weighted by Gasteiger charge is 2.31. The van der Waals surface area contributed by atoms with Crippen molar-refractivity contribution >= 4 is 17.3 Å². The van der Waals surface area contributed by atoms with Gasteiger partial charge < -0.3 is 20.2 Å². The highest BCUT2D eigenvalue weighted by molar-refractivity contribution is 6.02. The molecular weight excluding hydrogens is 412 g/mol. The largest absolute Gasteiger partial charge is 0.508 e. The summed E-state index contributed by atoms with van der Waals surface area (Å²) in [6.45, 7) is 5.84. The molecule has 0 radical (unpaired) electrons. The van der Waals surface area contributed by atoms with Crippen molar-refractivity contribution in [3.8, 4) is 5.75 Å². The fourth-order valence-electron chi connectivity index (χ4n) is 4.85. The van der Waals surface area contributed by atoms with Gasteiger partial charge in [-0.15, -0.1) is 0 Å². The van der Waals surface area contributed by atoms with Gasteiger partial charge in [0.15, 0.2) is 0 Å². The van der Waals surface area contributed by atoms with E-state index in [0.717, 1.165) is 56.1 Å². The van der Waals surface area contributed by atoms with Gasteiger partial charge in [0.05, 0.1) is 11.3 Å². The van der Waals surface area contributed by atoms with Gasteiger partial charge in [0, 0.05) is 51.4 Å². The second-order valence-electron chi connectivity index (χ2n) is 8.74. The molecule has 0 spiro atoms. The normalized spacial score (nSPS) is 18.7. The molecular formula is C27H30N4O2. The first kappa shape index (κ1) is 21.3.